The van der Waals surface area contributed by atoms with Crippen molar-refractivity contribution in [2.75, 3.05) is 13.2 Å². The summed E-state index contributed by atoms with van der Waals surface area (Å²) in [4.78, 5) is 6.55. The number of aryl methyl sites for hydroxylation is 1. The Bertz CT molecular complexity index is 1440. The van der Waals surface area contributed by atoms with E-state index in [1.165, 1.54) is 23.0 Å². The molecule has 0 spiro atoms. The van der Waals surface area contributed by atoms with E-state index in [1.54, 1.807) is 6.07 Å². The van der Waals surface area contributed by atoms with E-state index < -0.39 is 17.9 Å². The van der Waals surface area contributed by atoms with Gasteiger partial charge in [0.15, 0.2) is 5.82 Å². The molecule has 3 atom stereocenters. The third-order valence-electron chi connectivity index (χ3n) is 6.65. The molecule has 0 saturated carbocycles. The smallest absolute Gasteiger partial charge is 0.161 e. The number of hydrogen-bond acceptors (Lipinski definition) is 6. The summed E-state index contributed by atoms with van der Waals surface area (Å²) in [5.74, 6) is -0.416. The van der Waals surface area contributed by atoms with Gasteiger partial charge in [0.1, 0.15) is 29.9 Å². The van der Waals surface area contributed by atoms with Gasteiger partial charge in [0.2, 0.25) is 0 Å². The van der Waals surface area contributed by atoms with Gasteiger partial charge in [-0.05, 0) is 50.6 Å². The molecule has 4 aromatic rings. The molecule has 1 saturated heterocycles. The molecule has 5 rings (SSSR count). The molecule has 2 unspecified atom stereocenters. The summed E-state index contributed by atoms with van der Waals surface area (Å²) in [6.07, 6.45) is 1.62. The third-order valence-corrected chi connectivity index (χ3v) is 6.99. The highest BCUT2D eigenvalue weighted by atomic mass is 35.5. The van der Waals surface area contributed by atoms with Crippen molar-refractivity contribution < 1.29 is 23.4 Å². The first-order valence-electron chi connectivity index (χ1n) is 12.0. The van der Waals surface area contributed by atoms with Gasteiger partial charge in [0.25, 0.3) is 0 Å². The van der Waals surface area contributed by atoms with Crippen LogP contribution in [0.15, 0.2) is 48.8 Å². The Labute approximate surface area is 218 Å². The molecule has 2 aromatic heterocycles. The summed E-state index contributed by atoms with van der Waals surface area (Å²) in [6.45, 7) is 6.37. The lowest BCUT2D eigenvalue weighted by molar-refractivity contribution is -0.147. The standard InChI is InChI=1S/C27H27ClF2N4O3/c1-15-7-24(33-11-19(30)10-31-33)20-5-4-6-25(27(20)32-15)37-13-22-21(8-18(29)9-23(22)28)17(3)34-16(2)12-36-14-26(34)35/h4-11,16-17,26,35H,12-14H2,1-3H3/t16?,17-,26?/m0/s1. The molecule has 1 aliphatic rings. The molecule has 1 aliphatic heterocycles. The molecule has 194 valence electrons. The first kappa shape index (κ1) is 25.5. The van der Waals surface area contributed by atoms with E-state index in [0.717, 1.165) is 11.6 Å². The average molecular weight is 529 g/mol. The zero-order valence-electron chi connectivity index (χ0n) is 20.7. The van der Waals surface area contributed by atoms with Gasteiger partial charge in [-0.2, -0.15) is 5.10 Å². The number of para-hydroxylation sites is 1. The number of aliphatic hydroxyl groups excluding tert-OH is 1. The summed E-state index contributed by atoms with van der Waals surface area (Å²) in [5, 5.41) is 15.6. The van der Waals surface area contributed by atoms with Gasteiger partial charge >= 0.3 is 0 Å². The predicted octanol–water partition coefficient (Wildman–Crippen LogP) is 5.34. The van der Waals surface area contributed by atoms with Gasteiger partial charge in [-0.1, -0.05) is 23.7 Å². The summed E-state index contributed by atoms with van der Waals surface area (Å²) < 4.78 is 41.3. The third kappa shape index (κ3) is 5.04. The van der Waals surface area contributed by atoms with E-state index in [9.17, 15) is 13.9 Å². The lowest BCUT2D eigenvalue weighted by atomic mass is 9.98. The first-order chi connectivity index (χ1) is 17.7. The largest absolute Gasteiger partial charge is 0.487 e. The van der Waals surface area contributed by atoms with Gasteiger partial charge in [-0.15, -0.1) is 0 Å². The van der Waals surface area contributed by atoms with Crippen LogP contribution in [0.1, 0.15) is 36.7 Å². The molecular formula is C27H27ClF2N4O3. The maximum atomic E-state index is 14.5. The molecule has 1 N–H and O–H groups in total. The number of hydrogen-bond donors (Lipinski definition) is 1. The Morgan fingerprint density at radius 2 is 2.03 bits per heavy atom. The number of morpholine rings is 1. The normalized spacial score (nSPS) is 19.3. The number of halogens is 3. The maximum Gasteiger partial charge on any atom is 0.161 e. The van der Waals surface area contributed by atoms with Gasteiger partial charge < -0.3 is 14.6 Å². The van der Waals surface area contributed by atoms with Crippen molar-refractivity contribution in [3.05, 3.63) is 82.3 Å². The number of pyridine rings is 1. The fourth-order valence-corrected chi connectivity index (χ4v) is 5.24. The van der Waals surface area contributed by atoms with Crippen LogP contribution >= 0.6 is 11.6 Å². The Hall–Kier alpha value is -3.11. The Morgan fingerprint density at radius 3 is 2.76 bits per heavy atom. The van der Waals surface area contributed by atoms with Crippen LogP contribution in [0, 0.1) is 18.6 Å². The van der Waals surface area contributed by atoms with Gasteiger partial charge in [0.05, 0.1) is 36.3 Å². The molecule has 3 heterocycles. The van der Waals surface area contributed by atoms with Crippen LogP contribution in [-0.4, -0.2) is 50.3 Å². The minimum absolute atomic E-state index is 0.0497. The number of rotatable bonds is 6. The molecule has 10 heteroatoms. The van der Waals surface area contributed by atoms with Gasteiger partial charge in [-0.3, -0.25) is 4.90 Å². The van der Waals surface area contributed by atoms with Crippen LogP contribution in [0.2, 0.25) is 5.02 Å². The number of fused-ring (bicyclic) bond motifs is 1. The van der Waals surface area contributed by atoms with Crippen LogP contribution < -0.4 is 4.74 Å². The summed E-state index contributed by atoms with van der Waals surface area (Å²) >= 11 is 6.52. The second kappa shape index (κ2) is 10.3. The van der Waals surface area contributed by atoms with E-state index in [2.05, 4.69) is 10.1 Å². The van der Waals surface area contributed by atoms with Gasteiger partial charge in [0, 0.05) is 28.7 Å². The number of aliphatic hydroxyl groups is 1. The van der Waals surface area contributed by atoms with E-state index in [4.69, 9.17) is 21.1 Å². The maximum absolute atomic E-state index is 14.5. The van der Waals surface area contributed by atoms with Crippen molar-refractivity contribution in [3.8, 4) is 11.4 Å². The van der Waals surface area contributed by atoms with Crippen molar-refractivity contribution in [1.82, 2.24) is 19.7 Å². The minimum atomic E-state index is -0.828. The summed E-state index contributed by atoms with van der Waals surface area (Å²) in [6, 6.07) is 9.55. The van der Waals surface area contributed by atoms with Crippen LogP contribution in [0.25, 0.3) is 16.6 Å². The molecule has 2 aromatic carbocycles. The SMILES string of the molecule is Cc1cc(-n2cc(F)cn2)c2cccc(OCc3c(Cl)cc(F)cc3[C@H](C)N3C(C)COCC3O)c2n1. The number of benzene rings is 2. The van der Waals surface area contributed by atoms with E-state index in [-0.39, 0.29) is 30.3 Å². The number of aromatic nitrogens is 3. The van der Waals surface area contributed by atoms with Crippen molar-refractivity contribution >= 4 is 22.5 Å². The second-order valence-corrected chi connectivity index (χ2v) is 9.68. The van der Waals surface area contributed by atoms with Crippen molar-refractivity contribution in [1.29, 1.82) is 0 Å². The lowest BCUT2D eigenvalue weighted by Gasteiger charge is -2.42. The Morgan fingerprint density at radius 1 is 1.22 bits per heavy atom. The highest BCUT2D eigenvalue weighted by Gasteiger charge is 2.33. The van der Waals surface area contributed by atoms with Crippen LogP contribution in [0.4, 0.5) is 8.78 Å². The van der Waals surface area contributed by atoms with E-state index >= 15 is 0 Å². The Balaban J connectivity index is 1.51. The van der Waals surface area contributed by atoms with E-state index in [1.807, 2.05) is 43.9 Å². The number of nitrogens with zero attached hydrogens (tertiary/aromatic N) is 4. The molecule has 0 radical (unpaired) electrons. The molecule has 0 aliphatic carbocycles. The highest BCUT2D eigenvalue weighted by Crippen LogP contribution is 2.35. The van der Waals surface area contributed by atoms with Crippen LogP contribution in [-0.2, 0) is 11.3 Å². The highest BCUT2D eigenvalue weighted by molar-refractivity contribution is 6.31. The van der Waals surface area contributed by atoms with Crippen molar-refractivity contribution in [2.45, 2.75) is 45.7 Å². The molecule has 1 fully saturated rings. The fourth-order valence-electron chi connectivity index (χ4n) is 4.98. The second-order valence-electron chi connectivity index (χ2n) is 9.27. The quantitative estimate of drug-likeness (QED) is 0.364. The van der Waals surface area contributed by atoms with Crippen LogP contribution in [0.3, 0.4) is 0 Å². The topological polar surface area (TPSA) is 72.6 Å². The molecule has 7 nitrogen and oxygen atoms in total. The summed E-state index contributed by atoms with van der Waals surface area (Å²) in [5.41, 5.74) is 3.19. The van der Waals surface area contributed by atoms with Crippen molar-refractivity contribution in [3.63, 3.8) is 0 Å². The zero-order valence-corrected chi connectivity index (χ0v) is 21.4. The van der Waals surface area contributed by atoms with Crippen molar-refractivity contribution in [2.24, 2.45) is 0 Å². The zero-order chi connectivity index (χ0) is 26.3. The minimum Gasteiger partial charge on any atom is -0.487 e. The molecule has 0 bridgehead atoms. The van der Waals surface area contributed by atoms with Crippen LogP contribution in [0.5, 0.6) is 5.75 Å². The molecule has 37 heavy (non-hydrogen) atoms. The monoisotopic (exact) mass is 528 g/mol. The first-order valence-corrected chi connectivity index (χ1v) is 12.4. The van der Waals surface area contributed by atoms with E-state index in [0.29, 0.717) is 40.4 Å². The fraction of sp³-hybridized carbons (Fsp3) is 0.333. The molecular weight excluding hydrogens is 502 g/mol. The van der Waals surface area contributed by atoms with Gasteiger partial charge in [-0.25, -0.2) is 18.4 Å². The molecule has 0 amide bonds. The summed E-state index contributed by atoms with van der Waals surface area (Å²) in [7, 11) is 0. The lowest BCUT2D eigenvalue weighted by Crippen LogP contribution is -2.51. The number of ether oxygens (including phenoxy) is 2. The Kier molecular flexibility index (Phi) is 7.13. The predicted molar refractivity (Wildman–Crippen MR) is 136 cm³/mol. The average Bonchev–Trinajstić information content (AvgIpc) is 3.28.